The Hall–Kier alpha value is -0.600. The van der Waals surface area contributed by atoms with Crippen LogP contribution in [0.1, 0.15) is 41.8 Å². The fourth-order valence-corrected chi connectivity index (χ4v) is 11.7. The van der Waals surface area contributed by atoms with Gasteiger partial charge in [0.15, 0.2) is 23.0 Å². The maximum Gasteiger partial charge on any atom is 0.170 e. The van der Waals surface area contributed by atoms with Crippen molar-refractivity contribution in [3.05, 3.63) is 81.2 Å². The van der Waals surface area contributed by atoms with Crippen LogP contribution in [0.2, 0.25) is 0 Å². The molecule has 216 valence electrons. The molecule has 4 aromatic heterocycles. The first kappa shape index (κ1) is 30.4. The molecule has 0 radical (unpaired) electrons. The van der Waals surface area contributed by atoms with Gasteiger partial charge in [-0.3, -0.25) is 0 Å². The fourth-order valence-electron chi connectivity index (χ4n) is 4.90. The predicted molar refractivity (Wildman–Crippen MR) is 187 cm³/mol. The van der Waals surface area contributed by atoms with Crippen LogP contribution in [0, 0.1) is 33.1 Å². The molecular weight excluding hydrogens is 860 g/mol. The van der Waals surface area contributed by atoms with Gasteiger partial charge in [0.25, 0.3) is 0 Å². The van der Waals surface area contributed by atoms with Gasteiger partial charge >= 0.3 is 0 Å². The van der Waals surface area contributed by atoms with Gasteiger partial charge in [-0.15, -0.1) is 45.3 Å². The zero-order valence-corrected chi connectivity index (χ0v) is 32.0. The van der Waals surface area contributed by atoms with Crippen LogP contribution in [0.15, 0.2) is 39.4 Å². The second kappa shape index (κ2) is 12.1. The highest BCUT2D eigenvalue weighted by molar-refractivity contribution is 9.11. The first-order chi connectivity index (χ1) is 19.5. The third-order valence-corrected chi connectivity index (χ3v) is 13.2. The van der Waals surface area contributed by atoms with Gasteiger partial charge in [-0.25, -0.2) is 0 Å². The highest BCUT2D eigenvalue weighted by atomic mass is 79.9. The van der Waals surface area contributed by atoms with E-state index in [1.807, 2.05) is 0 Å². The van der Waals surface area contributed by atoms with Gasteiger partial charge in [0.1, 0.15) is 31.8 Å². The van der Waals surface area contributed by atoms with Gasteiger partial charge in [-0.1, -0.05) is 0 Å². The number of hydrogen-bond acceptors (Lipinski definition) is 8. The van der Waals surface area contributed by atoms with Crippen molar-refractivity contribution in [2.75, 3.05) is 26.4 Å². The Kier molecular flexibility index (Phi) is 8.95. The lowest BCUT2D eigenvalue weighted by Crippen LogP contribution is -2.39. The molecule has 0 N–H and O–H groups in total. The number of aryl methyl sites for hydroxylation is 4. The largest absolute Gasteiger partial charge is 0.488 e. The highest BCUT2D eigenvalue weighted by Gasteiger charge is 2.42. The molecule has 12 heteroatoms. The number of ether oxygens (including phenoxy) is 4. The van der Waals surface area contributed by atoms with Crippen LogP contribution in [-0.2, 0) is 18.9 Å². The molecule has 0 aromatic carbocycles. The normalized spacial score (nSPS) is 17.2. The van der Waals surface area contributed by atoms with Crippen molar-refractivity contribution < 1.29 is 18.9 Å². The van der Waals surface area contributed by atoms with Crippen molar-refractivity contribution in [2.24, 2.45) is 5.41 Å². The zero-order chi connectivity index (χ0) is 29.1. The third-order valence-electron chi connectivity index (χ3n) is 7.03. The van der Waals surface area contributed by atoms with Crippen molar-refractivity contribution in [1.29, 1.82) is 0 Å². The fraction of sp³-hybridized carbons (Fsp3) is 0.310. The molecule has 41 heavy (non-hydrogen) atoms. The molecule has 0 saturated carbocycles. The standard InChI is InChI=1S/C29H24Br4O4S4/c1-13-17(5-21(30)38-13)25-26(18-6-22(31)39-14(18)2)35-10-29(9-34-25)11-36-27(19-7-23(32)40-15(19)3)28(37-12-29)20-8-24(33)41-16(20)4/h5-8H,9-12H2,1-4H3. The quantitative estimate of drug-likeness (QED) is 0.205. The van der Waals surface area contributed by atoms with Crippen molar-refractivity contribution >= 4 is 132 Å². The smallest absolute Gasteiger partial charge is 0.170 e. The Balaban J connectivity index is 1.38. The number of halogens is 4. The molecule has 2 aliphatic heterocycles. The number of hydrogen-bond donors (Lipinski definition) is 0. The average molecular weight is 884 g/mol. The molecule has 0 atom stereocenters. The summed E-state index contributed by atoms with van der Waals surface area (Å²) in [6, 6.07) is 8.44. The van der Waals surface area contributed by atoms with Crippen LogP contribution >= 0.6 is 109 Å². The Bertz CT molecular complexity index is 1460. The van der Waals surface area contributed by atoms with E-state index in [-0.39, 0.29) is 0 Å². The van der Waals surface area contributed by atoms with Gasteiger partial charge in [-0.05, 0) is 116 Å². The van der Waals surface area contributed by atoms with Gasteiger partial charge in [-0.2, -0.15) is 0 Å². The second-order valence-corrected chi connectivity index (χ2v) is 20.6. The van der Waals surface area contributed by atoms with E-state index in [0.717, 1.165) is 79.9 Å². The van der Waals surface area contributed by atoms with Crippen molar-refractivity contribution in [3.8, 4) is 0 Å². The molecule has 0 amide bonds. The molecule has 0 unspecified atom stereocenters. The molecule has 0 bridgehead atoms. The lowest BCUT2D eigenvalue weighted by molar-refractivity contribution is -0.0114. The summed E-state index contributed by atoms with van der Waals surface area (Å²) in [7, 11) is 0. The summed E-state index contributed by atoms with van der Waals surface area (Å²) in [4.78, 5) is 4.64. The van der Waals surface area contributed by atoms with Gasteiger partial charge in [0, 0.05) is 41.8 Å². The lowest BCUT2D eigenvalue weighted by atomic mass is 9.92. The Labute approximate surface area is 288 Å². The molecule has 4 nitrogen and oxygen atoms in total. The molecular formula is C29H24Br4O4S4. The minimum atomic E-state index is -0.537. The van der Waals surface area contributed by atoms with Crippen molar-refractivity contribution in [3.63, 3.8) is 0 Å². The van der Waals surface area contributed by atoms with Gasteiger partial charge < -0.3 is 18.9 Å². The monoisotopic (exact) mass is 880 g/mol. The van der Waals surface area contributed by atoms with Crippen LogP contribution in [0.5, 0.6) is 0 Å². The zero-order valence-electron chi connectivity index (χ0n) is 22.4. The highest BCUT2D eigenvalue weighted by Crippen LogP contribution is 2.46. The molecule has 6 heterocycles. The molecule has 4 aromatic rings. The minimum Gasteiger partial charge on any atom is -0.488 e. The summed E-state index contributed by atoms with van der Waals surface area (Å²) in [5.41, 5.74) is 3.59. The molecule has 2 aliphatic rings. The van der Waals surface area contributed by atoms with E-state index in [4.69, 9.17) is 18.9 Å². The first-order valence-corrected chi connectivity index (χ1v) is 19.0. The topological polar surface area (TPSA) is 36.9 Å². The number of thiophene rings is 4. The maximum atomic E-state index is 6.74. The van der Waals surface area contributed by atoms with Gasteiger partial charge in [0.2, 0.25) is 0 Å². The van der Waals surface area contributed by atoms with E-state index >= 15 is 0 Å². The molecule has 1 spiro atoms. The summed E-state index contributed by atoms with van der Waals surface area (Å²) in [5, 5.41) is 0. The molecule has 0 fully saturated rings. The molecule has 0 saturated heterocycles. The molecule has 0 aliphatic carbocycles. The van der Waals surface area contributed by atoms with E-state index in [9.17, 15) is 0 Å². The summed E-state index contributed by atoms with van der Waals surface area (Å²) in [5.74, 6) is 3.01. The van der Waals surface area contributed by atoms with Gasteiger partial charge in [0.05, 0.1) is 15.1 Å². The lowest BCUT2D eigenvalue weighted by Gasteiger charge is -2.28. The number of rotatable bonds is 4. The minimum absolute atomic E-state index is 0.391. The Morgan fingerprint density at radius 1 is 0.463 bits per heavy atom. The Morgan fingerprint density at radius 2 is 0.683 bits per heavy atom. The van der Waals surface area contributed by atoms with Crippen LogP contribution in [0.4, 0.5) is 0 Å². The van der Waals surface area contributed by atoms with E-state index in [0.29, 0.717) is 26.4 Å². The first-order valence-electron chi connectivity index (χ1n) is 12.6. The van der Waals surface area contributed by atoms with Crippen LogP contribution in [0.25, 0.3) is 23.0 Å². The summed E-state index contributed by atoms with van der Waals surface area (Å²) in [6.07, 6.45) is 0. The van der Waals surface area contributed by atoms with E-state index in [1.165, 1.54) is 0 Å². The van der Waals surface area contributed by atoms with E-state index < -0.39 is 5.41 Å². The average Bonchev–Trinajstić information content (AvgIpc) is 3.55. The van der Waals surface area contributed by atoms with Crippen LogP contribution in [-0.4, -0.2) is 26.4 Å². The van der Waals surface area contributed by atoms with Crippen LogP contribution < -0.4 is 0 Å². The summed E-state index contributed by atoms with van der Waals surface area (Å²) in [6.45, 7) is 10.0. The predicted octanol–water partition coefficient (Wildman–Crippen LogP) is 11.6. The van der Waals surface area contributed by atoms with Crippen LogP contribution in [0.3, 0.4) is 0 Å². The molecule has 6 rings (SSSR count). The summed E-state index contributed by atoms with van der Waals surface area (Å²) >= 11 is 21.4. The third kappa shape index (κ3) is 6.06. The maximum absolute atomic E-state index is 6.74. The van der Waals surface area contributed by atoms with E-state index in [2.05, 4.69) is 116 Å². The SMILES string of the molecule is Cc1sc(Br)cc1C1=C(c2cc(Br)sc2C)OCC2(CO1)COC(c1cc(Br)sc1C)=C(c1cc(Br)sc1C)OC2. The second-order valence-electron chi connectivity index (χ2n) is 10.1. The van der Waals surface area contributed by atoms with E-state index in [1.54, 1.807) is 45.3 Å². The Morgan fingerprint density at radius 3 is 0.854 bits per heavy atom. The van der Waals surface area contributed by atoms with Crippen molar-refractivity contribution in [1.82, 2.24) is 0 Å². The summed E-state index contributed by atoms with van der Waals surface area (Å²) < 4.78 is 31.2. The van der Waals surface area contributed by atoms with Crippen molar-refractivity contribution in [2.45, 2.75) is 27.7 Å².